The van der Waals surface area contributed by atoms with Crippen LogP contribution in [0.2, 0.25) is 0 Å². The summed E-state index contributed by atoms with van der Waals surface area (Å²) in [6, 6.07) is 0. The summed E-state index contributed by atoms with van der Waals surface area (Å²) in [5.74, 6) is -0.00944. The molecule has 0 aliphatic rings. The second-order valence-corrected chi connectivity index (χ2v) is 5.40. The fourth-order valence-electron chi connectivity index (χ4n) is 1.46. The third-order valence-corrected chi connectivity index (χ3v) is 2.09. The maximum Gasteiger partial charge on any atom is 0.233 e. The maximum absolute atomic E-state index is 11.2. The molecule has 0 aliphatic carbocycles. The molecule has 16 heavy (non-hydrogen) atoms. The van der Waals surface area contributed by atoms with Crippen LogP contribution in [0, 0.1) is 5.41 Å². The lowest BCUT2D eigenvalue weighted by Crippen LogP contribution is -2.38. The highest BCUT2D eigenvalue weighted by atomic mass is 16.3. The highest BCUT2D eigenvalue weighted by Gasteiger charge is 2.16. The molecule has 0 bridgehead atoms. The zero-order valence-corrected chi connectivity index (χ0v) is 11.0. The molecule has 4 heteroatoms. The van der Waals surface area contributed by atoms with E-state index in [0.717, 1.165) is 12.8 Å². The van der Waals surface area contributed by atoms with Gasteiger partial charge in [0.15, 0.2) is 0 Å². The average Bonchev–Trinajstić information content (AvgIpc) is 2.11. The van der Waals surface area contributed by atoms with E-state index in [4.69, 9.17) is 0 Å². The van der Waals surface area contributed by atoms with Crippen molar-refractivity contribution in [2.45, 2.75) is 46.6 Å². The van der Waals surface area contributed by atoms with Gasteiger partial charge in [-0.1, -0.05) is 27.7 Å². The van der Waals surface area contributed by atoms with Crippen LogP contribution < -0.4 is 10.6 Å². The predicted octanol–water partition coefficient (Wildman–Crippen LogP) is 0.899. The highest BCUT2D eigenvalue weighted by molar-refractivity contribution is 5.77. The molecule has 1 unspecified atom stereocenters. The van der Waals surface area contributed by atoms with Crippen molar-refractivity contribution < 1.29 is 9.90 Å². The molecule has 0 aromatic rings. The van der Waals surface area contributed by atoms with E-state index in [2.05, 4.69) is 31.4 Å². The van der Waals surface area contributed by atoms with Crippen molar-refractivity contribution in [2.24, 2.45) is 5.41 Å². The van der Waals surface area contributed by atoms with Crippen molar-refractivity contribution in [3.63, 3.8) is 0 Å². The molecule has 4 nitrogen and oxygen atoms in total. The summed E-state index contributed by atoms with van der Waals surface area (Å²) in [6.07, 6.45) is 1.29. The van der Waals surface area contributed by atoms with Crippen molar-refractivity contribution in [1.29, 1.82) is 0 Å². The Morgan fingerprint density at radius 1 is 1.38 bits per heavy atom. The SMILES string of the molecule is CCCNC(=O)CNCC(O)CC(C)(C)C. The topological polar surface area (TPSA) is 61.4 Å². The molecule has 0 heterocycles. The fraction of sp³-hybridized carbons (Fsp3) is 0.917. The number of nitrogens with one attached hydrogen (secondary N) is 2. The van der Waals surface area contributed by atoms with Gasteiger partial charge in [-0.2, -0.15) is 0 Å². The first-order valence-electron chi connectivity index (χ1n) is 6.00. The molecule has 96 valence electrons. The van der Waals surface area contributed by atoms with Gasteiger partial charge in [0, 0.05) is 13.1 Å². The van der Waals surface area contributed by atoms with Crippen molar-refractivity contribution in [2.75, 3.05) is 19.6 Å². The Morgan fingerprint density at radius 2 is 2.00 bits per heavy atom. The standard InChI is InChI=1S/C12H26N2O2/c1-5-6-14-11(16)9-13-8-10(15)7-12(2,3)4/h10,13,15H,5-9H2,1-4H3,(H,14,16). The van der Waals surface area contributed by atoms with Crippen LogP contribution in [0.5, 0.6) is 0 Å². The second-order valence-electron chi connectivity index (χ2n) is 5.40. The third kappa shape index (κ3) is 9.93. The molecule has 0 aliphatic heterocycles. The number of hydrogen-bond donors (Lipinski definition) is 3. The van der Waals surface area contributed by atoms with Crippen molar-refractivity contribution >= 4 is 5.91 Å². The summed E-state index contributed by atoms with van der Waals surface area (Å²) in [5.41, 5.74) is 0.117. The van der Waals surface area contributed by atoms with Gasteiger partial charge >= 0.3 is 0 Å². The van der Waals surface area contributed by atoms with Gasteiger partial charge in [0.25, 0.3) is 0 Å². The predicted molar refractivity (Wildman–Crippen MR) is 66.2 cm³/mol. The molecule has 0 aromatic heterocycles. The molecule has 0 saturated carbocycles. The Hall–Kier alpha value is -0.610. The summed E-state index contributed by atoms with van der Waals surface area (Å²) < 4.78 is 0. The van der Waals surface area contributed by atoms with Crippen LogP contribution in [0.4, 0.5) is 0 Å². The summed E-state index contributed by atoms with van der Waals surface area (Å²) >= 11 is 0. The van der Waals surface area contributed by atoms with Gasteiger partial charge in [-0.05, 0) is 18.3 Å². The van der Waals surface area contributed by atoms with Crippen molar-refractivity contribution in [1.82, 2.24) is 10.6 Å². The first-order valence-corrected chi connectivity index (χ1v) is 6.00. The van der Waals surface area contributed by atoms with Crippen LogP contribution >= 0.6 is 0 Å². The second kappa shape index (κ2) is 7.63. The minimum Gasteiger partial charge on any atom is -0.392 e. The van der Waals surface area contributed by atoms with Crippen LogP contribution in [0.15, 0.2) is 0 Å². The lowest BCUT2D eigenvalue weighted by atomic mass is 9.89. The lowest BCUT2D eigenvalue weighted by Gasteiger charge is -2.22. The van der Waals surface area contributed by atoms with Gasteiger partial charge in [-0.15, -0.1) is 0 Å². The van der Waals surface area contributed by atoms with E-state index in [1.54, 1.807) is 0 Å². The fourth-order valence-corrected chi connectivity index (χ4v) is 1.46. The minimum absolute atomic E-state index is 0.00944. The number of hydrogen-bond acceptors (Lipinski definition) is 3. The van der Waals surface area contributed by atoms with Crippen LogP contribution in [-0.4, -0.2) is 36.8 Å². The maximum atomic E-state index is 11.2. The third-order valence-electron chi connectivity index (χ3n) is 2.09. The number of amides is 1. The van der Waals surface area contributed by atoms with E-state index >= 15 is 0 Å². The molecule has 0 rings (SSSR count). The van der Waals surface area contributed by atoms with E-state index in [1.807, 2.05) is 6.92 Å². The molecule has 0 saturated heterocycles. The molecule has 0 radical (unpaired) electrons. The zero-order valence-electron chi connectivity index (χ0n) is 11.0. The Bertz CT molecular complexity index is 200. The number of rotatable bonds is 7. The largest absolute Gasteiger partial charge is 0.392 e. The zero-order chi connectivity index (χ0) is 12.6. The molecule has 1 atom stereocenters. The van der Waals surface area contributed by atoms with Gasteiger partial charge in [0.05, 0.1) is 12.6 Å². The first-order chi connectivity index (χ1) is 7.35. The van der Waals surface area contributed by atoms with Gasteiger partial charge in [-0.25, -0.2) is 0 Å². The van der Waals surface area contributed by atoms with Gasteiger partial charge < -0.3 is 15.7 Å². The molecule has 0 spiro atoms. The smallest absolute Gasteiger partial charge is 0.233 e. The summed E-state index contributed by atoms with van der Waals surface area (Å²) in [5, 5.41) is 15.4. The molecular weight excluding hydrogens is 204 g/mol. The average molecular weight is 230 g/mol. The van der Waals surface area contributed by atoms with Crippen LogP contribution in [0.1, 0.15) is 40.5 Å². The van der Waals surface area contributed by atoms with Crippen LogP contribution in [0.3, 0.4) is 0 Å². The van der Waals surface area contributed by atoms with Crippen molar-refractivity contribution in [3.8, 4) is 0 Å². The number of aliphatic hydroxyl groups is 1. The highest BCUT2D eigenvalue weighted by Crippen LogP contribution is 2.20. The van der Waals surface area contributed by atoms with E-state index in [9.17, 15) is 9.90 Å². The summed E-state index contributed by atoms with van der Waals surface area (Å²) in [6.45, 7) is 9.74. The molecule has 1 amide bonds. The summed E-state index contributed by atoms with van der Waals surface area (Å²) in [7, 11) is 0. The normalized spacial score (nSPS) is 13.6. The van der Waals surface area contributed by atoms with E-state index in [-0.39, 0.29) is 24.0 Å². The number of carbonyl (C=O) groups excluding carboxylic acids is 1. The first kappa shape index (κ1) is 15.4. The van der Waals surface area contributed by atoms with E-state index in [0.29, 0.717) is 13.1 Å². The molecular formula is C12H26N2O2. The molecule has 0 aromatic carbocycles. The molecule has 0 fully saturated rings. The van der Waals surface area contributed by atoms with E-state index < -0.39 is 0 Å². The lowest BCUT2D eigenvalue weighted by molar-refractivity contribution is -0.120. The van der Waals surface area contributed by atoms with Crippen LogP contribution in [0.25, 0.3) is 0 Å². The Balaban J connectivity index is 3.54. The van der Waals surface area contributed by atoms with Crippen molar-refractivity contribution in [3.05, 3.63) is 0 Å². The Morgan fingerprint density at radius 3 is 2.50 bits per heavy atom. The van der Waals surface area contributed by atoms with Gasteiger partial charge in [-0.3, -0.25) is 4.79 Å². The van der Waals surface area contributed by atoms with Gasteiger partial charge in [0.1, 0.15) is 0 Å². The quantitative estimate of drug-likeness (QED) is 0.609. The monoisotopic (exact) mass is 230 g/mol. The molecule has 3 N–H and O–H groups in total. The Labute approximate surface area is 98.8 Å². The number of carbonyl (C=O) groups is 1. The van der Waals surface area contributed by atoms with E-state index in [1.165, 1.54) is 0 Å². The minimum atomic E-state index is -0.390. The van der Waals surface area contributed by atoms with Crippen LogP contribution in [-0.2, 0) is 4.79 Å². The number of aliphatic hydroxyl groups excluding tert-OH is 1. The summed E-state index contributed by atoms with van der Waals surface area (Å²) in [4.78, 5) is 11.2. The Kier molecular flexibility index (Phi) is 7.34. The van der Waals surface area contributed by atoms with Gasteiger partial charge in [0.2, 0.25) is 5.91 Å².